The van der Waals surface area contributed by atoms with E-state index < -0.39 is 13.0 Å². The normalized spacial score (nSPS) is 26.9. The molecular weight excluding hydrogens is 244 g/mol. The molecule has 0 N–H and O–H groups in total. The van der Waals surface area contributed by atoms with E-state index in [-0.39, 0.29) is 0 Å². The molecule has 0 radical (unpaired) electrons. The monoisotopic (exact) mass is 273 g/mol. The van der Waals surface area contributed by atoms with Crippen LogP contribution < -0.4 is 4.90 Å². The van der Waals surface area contributed by atoms with Gasteiger partial charge in [0.15, 0.2) is 0 Å². The van der Waals surface area contributed by atoms with Gasteiger partial charge in [0, 0.05) is 34.2 Å². The summed E-state index contributed by atoms with van der Waals surface area (Å²) in [4.78, 5) is 4.06. The van der Waals surface area contributed by atoms with Crippen LogP contribution in [0.4, 0.5) is 5.69 Å². The first-order valence-corrected chi connectivity index (χ1v) is 7.61. The number of hydrogen-bond donors (Lipinski definition) is 0. The first-order chi connectivity index (χ1) is 10.8. The van der Waals surface area contributed by atoms with Gasteiger partial charge >= 0.3 is 0 Å². The zero-order valence-electron chi connectivity index (χ0n) is 15.7. The zero-order chi connectivity index (χ0) is 16.8. The van der Waals surface area contributed by atoms with Gasteiger partial charge < -0.3 is 9.80 Å². The van der Waals surface area contributed by atoms with Gasteiger partial charge in [0.1, 0.15) is 6.17 Å². The number of para-hydroxylation sites is 1. The minimum absolute atomic E-state index is 0.499. The average molecular weight is 273 g/mol. The minimum Gasteiger partial charge on any atom is -0.356 e. The van der Waals surface area contributed by atoms with Gasteiger partial charge in [-0.15, -0.1) is 0 Å². The summed E-state index contributed by atoms with van der Waals surface area (Å²) in [7, 11) is 1.95. The fourth-order valence-electron chi connectivity index (χ4n) is 3.80. The Hall–Kier alpha value is -1.44. The van der Waals surface area contributed by atoms with Gasteiger partial charge in [0.05, 0.1) is 0 Å². The molecule has 2 heteroatoms. The molecule has 2 nitrogen and oxygen atoms in total. The van der Waals surface area contributed by atoms with Crippen LogP contribution in [0.3, 0.4) is 0 Å². The van der Waals surface area contributed by atoms with E-state index in [2.05, 4.69) is 6.92 Å². The second kappa shape index (κ2) is 5.16. The molecular formula is C18H26N2. The van der Waals surface area contributed by atoms with Crippen molar-refractivity contribution >= 4 is 5.69 Å². The third-order valence-corrected chi connectivity index (χ3v) is 4.84. The first kappa shape index (κ1) is 10.3. The van der Waals surface area contributed by atoms with Crippen molar-refractivity contribution in [2.75, 3.05) is 11.9 Å². The van der Waals surface area contributed by atoms with Gasteiger partial charge in [-0.2, -0.15) is 0 Å². The average Bonchev–Trinajstić information content (AvgIpc) is 3.05. The number of rotatable bonds is 2. The molecule has 1 aromatic rings. The van der Waals surface area contributed by atoms with Gasteiger partial charge in [-0.1, -0.05) is 31.0 Å². The standard InChI is InChI=1S/C18H26N2/c1-13-9-5-8-12-17(13)20-14(2)18(19(4)15(20)3)16-10-6-7-11-16/h5,8-9,12,15-16H,6-7,10-11H2,1-4H3/i3D3. The molecule has 1 fully saturated rings. The fourth-order valence-corrected chi connectivity index (χ4v) is 3.80. The fraction of sp³-hybridized carbons (Fsp3) is 0.556. The van der Waals surface area contributed by atoms with Crippen molar-refractivity contribution in [1.82, 2.24) is 4.90 Å². The van der Waals surface area contributed by atoms with E-state index in [4.69, 9.17) is 4.11 Å². The summed E-state index contributed by atoms with van der Waals surface area (Å²) >= 11 is 0. The number of hydrogen-bond acceptors (Lipinski definition) is 2. The van der Waals surface area contributed by atoms with Crippen LogP contribution in [0.1, 0.15) is 49.1 Å². The second-order valence-corrected chi connectivity index (χ2v) is 6.09. The molecule has 0 amide bonds. The molecule has 0 aromatic heterocycles. The van der Waals surface area contributed by atoms with Crippen LogP contribution in [0.5, 0.6) is 0 Å². The summed E-state index contributed by atoms with van der Waals surface area (Å²) in [5.41, 5.74) is 4.45. The van der Waals surface area contributed by atoms with Crippen LogP contribution in [0.15, 0.2) is 35.7 Å². The third kappa shape index (κ3) is 2.02. The molecule has 20 heavy (non-hydrogen) atoms. The number of allylic oxidation sites excluding steroid dienone is 2. The number of nitrogens with zero attached hydrogens (tertiary/aromatic N) is 2. The molecule has 1 aromatic carbocycles. The Balaban J connectivity index is 2.10. The van der Waals surface area contributed by atoms with Gasteiger partial charge in [-0.3, -0.25) is 0 Å². The van der Waals surface area contributed by atoms with E-state index in [0.717, 1.165) is 16.9 Å². The molecule has 1 aliphatic heterocycles. The van der Waals surface area contributed by atoms with Crippen LogP contribution in [0.25, 0.3) is 0 Å². The van der Waals surface area contributed by atoms with Crippen molar-refractivity contribution in [2.24, 2.45) is 5.92 Å². The smallest absolute Gasteiger partial charge is 0.103 e. The lowest BCUT2D eigenvalue weighted by Gasteiger charge is -2.31. The zero-order valence-corrected chi connectivity index (χ0v) is 12.7. The number of anilines is 1. The minimum atomic E-state index is -2.06. The molecule has 0 spiro atoms. The van der Waals surface area contributed by atoms with Crippen molar-refractivity contribution in [2.45, 2.75) is 52.5 Å². The Labute approximate surface area is 127 Å². The topological polar surface area (TPSA) is 6.48 Å². The van der Waals surface area contributed by atoms with Gasteiger partial charge in [0.2, 0.25) is 0 Å². The van der Waals surface area contributed by atoms with E-state index in [0.29, 0.717) is 5.92 Å². The van der Waals surface area contributed by atoms with E-state index in [1.165, 1.54) is 31.4 Å². The van der Waals surface area contributed by atoms with Crippen molar-refractivity contribution in [1.29, 1.82) is 0 Å². The van der Waals surface area contributed by atoms with Crippen molar-refractivity contribution in [3.05, 3.63) is 41.2 Å². The van der Waals surface area contributed by atoms with E-state index in [1.807, 2.05) is 48.0 Å². The maximum absolute atomic E-state index is 8.08. The van der Waals surface area contributed by atoms with Crippen LogP contribution in [-0.4, -0.2) is 18.1 Å². The van der Waals surface area contributed by atoms with E-state index >= 15 is 0 Å². The highest BCUT2D eigenvalue weighted by Gasteiger charge is 2.36. The molecule has 2 aliphatic rings. The van der Waals surface area contributed by atoms with Crippen LogP contribution >= 0.6 is 0 Å². The summed E-state index contributed by atoms with van der Waals surface area (Å²) in [5, 5.41) is 0. The Morgan fingerprint density at radius 3 is 2.50 bits per heavy atom. The lowest BCUT2D eigenvalue weighted by Crippen LogP contribution is -2.36. The SMILES string of the molecule is [2H]C([2H])([2H])C1N(C)C(C2CCCC2)=C(C)N1c1ccccc1C. The Morgan fingerprint density at radius 2 is 1.85 bits per heavy atom. The Bertz CT molecular complexity index is 615. The van der Waals surface area contributed by atoms with Crippen LogP contribution in [0, 0.1) is 12.8 Å². The van der Waals surface area contributed by atoms with Gasteiger partial charge in [0.25, 0.3) is 0 Å². The highest BCUT2D eigenvalue weighted by atomic mass is 15.4. The summed E-state index contributed by atoms with van der Waals surface area (Å²) < 4.78 is 24.3. The molecule has 108 valence electrons. The van der Waals surface area contributed by atoms with Crippen molar-refractivity contribution < 1.29 is 4.11 Å². The Morgan fingerprint density at radius 1 is 1.15 bits per heavy atom. The summed E-state index contributed by atoms with van der Waals surface area (Å²) in [6.07, 6.45) is 4.23. The van der Waals surface area contributed by atoms with Crippen LogP contribution in [-0.2, 0) is 0 Å². The molecule has 1 aliphatic carbocycles. The molecule has 0 bridgehead atoms. The maximum atomic E-state index is 8.08. The lowest BCUT2D eigenvalue weighted by molar-refractivity contribution is 0.318. The van der Waals surface area contributed by atoms with E-state index in [9.17, 15) is 0 Å². The molecule has 1 saturated carbocycles. The number of benzene rings is 1. The quantitative estimate of drug-likeness (QED) is 0.782. The number of aryl methyl sites for hydroxylation is 1. The summed E-state index contributed by atoms with van der Waals surface area (Å²) in [6.45, 7) is 2.08. The molecule has 0 saturated heterocycles. The second-order valence-electron chi connectivity index (χ2n) is 6.09. The van der Waals surface area contributed by atoms with Crippen molar-refractivity contribution in [3.8, 4) is 0 Å². The largest absolute Gasteiger partial charge is 0.356 e. The summed E-state index contributed by atoms with van der Waals surface area (Å²) in [5.74, 6) is 0.499. The molecule has 1 unspecified atom stereocenters. The van der Waals surface area contributed by atoms with Gasteiger partial charge in [-0.25, -0.2) is 0 Å². The highest BCUT2D eigenvalue weighted by Crippen LogP contribution is 2.42. The Kier molecular flexibility index (Phi) is 2.66. The predicted octanol–water partition coefficient (Wildman–Crippen LogP) is 4.51. The van der Waals surface area contributed by atoms with Crippen LogP contribution in [0.2, 0.25) is 0 Å². The maximum Gasteiger partial charge on any atom is 0.103 e. The first-order valence-electron chi connectivity index (χ1n) is 9.11. The molecule has 3 rings (SSSR count). The van der Waals surface area contributed by atoms with Gasteiger partial charge in [-0.05, 0) is 45.2 Å². The highest BCUT2D eigenvalue weighted by molar-refractivity contribution is 5.60. The molecule has 1 atom stereocenters. The van der Waals surface area contributed by atoms with E-state index in [1.54, 1.807) is 0 Å². The molecule has 1 heterocycles. The summed E-state index contributed by atoms with van der Waals surface area (Å²) in [6, 6.07) is 8.06. The third-order valence-electron chi connectivity index (χ3n) is 4.84. The predicted molar refractivity (Wildman–Crippen MR) is 85.5 cm³/mol. The lowest BCUT2D eigenvalue weighted by atomic mass is 10.0. The van der Waals surface area contributed by atoms with Crippen molar-refractivity contribution in [3.63, 3.8) is 0 Å².